The smallest absolute Gasteiger partial charge is 0.0195 e. The average molecular weight is 448 g/mol. The maximum Gasteiger partial charge on any atom is -0.0195 e. The Morgan fingerprint density at radius 2 is 0.333 bits per heavy atom. The first-order valence-electron chi connectivity index (χ1n) is 2.31. The van der Waals surface area contributed by atoms with Crippen LogP contribution in [0, 0.1) is 0 Å². The molecule has 0 aromatic carbocycles. The Morgan fingerprint density at radius 3 is 0.333 bits per heavy atom. The molecule has 12 heavy (non-hydrogen) atoms. The van der Waals surface area contributed by atoms with E-state index < -0.39 is 0 Å². The molecule has 0 atom stereocenters. The fourth-order valence-electron chi connectivity index (χ4n) is 0. The first-order valence-corrected chi connectivity index (χ1v) is 2.31. The molecule has 0 aromatic rings. The van der Waals surface area contributed by atoms with Crippen LogP contribution in [0.25, 0.3) is 0 Å². The summed E-state index contributed by atoms with van der Waals surface area (Å²) in [5.41, 5.74) is 18.0. The van der Waals surface area contributed by atoms with E-state index in [9.17, 15) is 0 Å². The summed E-state index contributed by atoms with van der Waals surface area (Å²) in [6, 6.07) is 0. The van der Waals surface area contributed by atoms with Crippen LogP contribution in [-0.2, 0) is 0 Å². The van der Waals surface area contributed by atoms with Gasteiger partial charge in [0.15, 0.2) is 0 Å². The van der Waals surface area contributed by atoms with Gasteiger partial charge in [0.25, 0.3) is 0 Å². The van der Waals surface area contributed by atoms with Gasteiger partial charge in [-0.3, -0.25) is 0 Å². The van der Waals surface area contributed by atoms with Gasteiger partial charge in [0.05, 0.1) is 0 Å². The zero-order valence-electron chi connectivity index (χ0n) is 7.94. The summed E-state index contributed by atoms with van der Waals surface area (Å²) in [6.45, 7) is 0. The predicted molar refractivity (Wildman–Crippen MR) is 81.7 cm³/mol. The van der Waals surface area contributed by atoms with Crippen molar-refractivity contribution in [3.05, 3.63) is 0 Å². The summed E-state index contributed by atoms with van der Waals surface area (Å²) in [7, 11) is 6.00. The molecular formula is C4H24Br4N4. The van der Waals surface area contributed by atoms with Gasteiger partial charge in [0, 0.05) is 0 Å². The molecule has 0 aromatic heterocycles. The lowest BCUT2D eigenvalue weighted by atomic mass is 11.6. The number of nitrogens with two attached hydrogens (primary N) is 4. The normalized spacial score (nSPS) is 2.00. The van der Waals surface area contributed by atoms with Crippen LogP contribution in [0.4, 0.5) is 0 Å². The third kappa shape index (κ3) is 440. The van der Waals surface area contributed by atoms with Crippen molar-refractivity contribution in [2.75, 3.05) is 28.2 Å². The highest BCUT2D eigenvalue weighted by Crippen LogP contribution is 0.849. The first-order chi connectivity index (χ1) is 4.00. The maximum atomic E-state index is 4.50. The van der Waals surface area contributed by atoms with E-state index in [0.717, 1.165) is 0 Å². The van der Waals surface area contributed by atoms with Gasteiger partial charge in [-0.1, -0.05) is 0 Å². The van der Waals surface area contributed by atoms with Gasteiger partial charge in [0.1, 0.15) is 0 Å². The fraction of sp³-hybridized carbons (Fsp3) is 1.00. The quantitative estimate of drug-likeness (QED) is 0.437. The summed E-state index contributed by atoms with van der Waals surface area (Å²) in [6.07, 6.45) is 0. The molecule has 4 nitrogen and oxygen atoms in total. The molecule has 0 unspecified atom stereocenters. The molecular weight excluding hydrogens is 424 g/mol. The SMILES string of the molecule is Br.Br.Br.Br.CN.CN.CN.CN. The highest BCUT2D eigenvalue weighted by Gasteiger charge is 0.842. The van der Waals surface area contributed by atoms with Crippen molar-refractivity contribution in [1.82, 2.24) is 0 Å². The topological polar surface area (TPSA) is 104 Å². The molecule has 0 heterocycles. The highest BCUT2D eigenvalue weighted by molar-refractivity contribution is 8.93. The lowest BCUT2D eigenvalue weighted by Gasteiger charge is -1.19. The van der Waals surface area contributed by atoms with Crippen LogP contribution in [0.3, 0.4) is 0 Å². The Bertz CT molecular complexity index is 19.0. The maximum absolute atomic E-state index is 4.50. The first kappa shape index (κ1) is 67.5. The summed E-state index contributed by atoms with van der Waals surface area (Å²) >= 11 is 0. The van der Waals surface area contributed by atoms with E-state index in [1.165, 1.54) is 28.2 Å². The minimum absolute atomic E-state index is 0. The van der Waals surface area contributed by atoms with Crippen LogP contribution < -0.4 is 22.9 Å². The molecule has 0 spiro atoms. The van der Waals surface area contributed by atoms with Crippen molar-refractivity contribution >= 4 is 67.9 Å². The summed E-state index contributed by atoms with van der Waals surface area (Å²) in [5.74, 6) is 0. The van der Waals surface area contributed by atoms with Crippen molar-refractivity contribution in [3.63, 3.8) is 0 Å². The van der Waals surface area contributed by atoms with Crippen LogP contribution in [0.1, 0.15) is 0 Å². The molecule has 8 heteroatoms. The summed E-state index contributed by atoms with van der Waals surface area (Å²) in [5, 5.41) is 0. The Balaban J connectivity index is -0.00000000267. The van der Waals surface area contributed by atoms with Crippen LogP contribution in [-0.4, -0.2) is 28.2 Å². The Labute approximate surface area is 118 Å². The van der Waals surface area contributed by atoms with Crippen molar-refractivity contribution in [3.8, 4) is 0 Å². The summed E-state index contributed by atoms with van der Waals surface area (Å²) in [4.78, 5) is 0. The lowest BCUT2D eigenvalue weighted by molar-refractivity contribution is 1.48. The minimum Gasteiger partial charge on any atom is -0.333 e. The number of hydrogen-bond donors (Lipinski definition) is 4. The van der Waals surface area contributed by atoms with Gasteiger partial charge in [0.2, 0.25) is 0 Å². The monoisotopic (exact) mass is 444 g/mol. The van der Waals surface area contributed by atoms with Gasteiger partial charge < -0.3 is 22.9 Å². The lowest BCUT2D eigenvalue weighted by Crippen LogP contribution is -1.69. The van der Waals surface area contributed by atoms with Crippen LogP contribution >= 0.6 is 67.9 Å². The molecule has 0 saturated carbocycles. The molecule has 0 radical (unpaired) electrons. The second kappa shape index (κ2) is 570. The van der Waals surface area contributed by atoms with Crippen molar-refractivity contribution in [2.45, 2.75) is 0 Å². The molecule has 0 amide bonds. The molecule has 88 valence electrons. The zero-order valence-corrected chi connectivity index (χ0v) is 14.8. The van der Waals surface area contributed by atoms with E-state index in [-0.39, 0.29) is 67.9 Å². The predicted octanol–water partition coefficient (Wildman–Crippen LogP) is 0.611. The standard InChI is InChI=1S/4CH5N.4BrH/c4*1-2;;;;/h4*2H2,1H3;4*1H. The molecule has 0 fully saturated rings. The minimum atomic E-state index is 0. The van der Waals surface area contributed by atoms with Gasteiger partial charge >= 0.3 is 0 Å². The van der Waals surface area contributed by atoms with E-state index in [0.29, 0.717) is 0 Å². The van der Waals surface area contributed by atoms with Gasteiger partial charge in [-0.05, 0) is 28.2 Å². The molecule has 8 N–H and O–H groups in total. The number of hydrogen-bond acceptors (Lipinski definition) is 4. The van der Waals surface area contributed by atoms with Crippen molar-refractivity contribution in [2.24, 2.45) is 22.9 Å². The van der Waals surface area contributed by atoms with E-state index >= 15 is 0 Å². The molecule has 0 aliphatic carbocycles. The number of rotatable bonds is 0. The zero-order chi connectivity index (χ0) is 8.00. The molecule has 0 saturated heterocycles. The Morgan fingerprint density at radius 1 is 0.333 bits per heavy atom. The molecule has 0 aliphatic rings. The van der Waals surface area contributed by atoms with Crippen LogP contribution in [0.2, 0.25) is 0 Å². The molecule has 0 rings (SSSR count). The summed E-state index contributed by atoms with van der Waals surface area (Å²) < 4.78 is 0. The third-order valence-corrected chi connectivity index (χ3v) is 0. The Kier molecular flexibility index (Phi) is 3210. The fourth-order valence-corrected chi connectivity index (χ4v) is 0. The molecule has 0 bridgehead atoms. The highest BCUT2D eigenvalue weighted by atomic mass is 79.9. The van der Waals surface area contributed by atoms with Crippen LogP contribution in [0.5, 0.6) is 0 Å². The Hall–Kier alpha value is 1.76. The molecule has 0 aliphatic heterocycles. The van der Waals surface area contributed by atoms with Gasteiger partial charge in [-0.25, -0.2) is 0 Å². The van der Waals surface area contributed by atoms with Gasteiger partial charge in [-0.15, -0.1) is 67.9 Å². The van der Waals surface area contributed by atoms with Crippen LogP contribution in [0.15, 0.2) is 0 Å². The van der Waals surface area contributed by atoms with E-state index in [4.69, 9.17) is 0 Å². The van der Waals surface area contributed by atoms with Crippen molar-refractivity contribution in [1.29, 1.82) is 0 Å². The van der Waals surface area contributed by atoms with Crippen molar-refractivity contribution < 1.29 is 0 Å². The second-order valence-corrected chi connectivity index (χ2v) is 0. The van der Waals surface area contributed by atoms with E-state index in [2.05, 4.69) is 22.9 Å². The average Bonchev–Trinajstić information content (AvgIpc) is 2.03. The third-order valence-electron chi connectivity index (χ3n) is 0. The van der Waals surface area contributed by atoms with Gasteiger partial charge in [-0.2, -0.15) is 0 Å². The van der Waals surface area contributed by atoms with E-state index in [1.54, 1.807) is 0 Å². The largest absolute Gasteiger partial charge is 0.333 e. The second-order valence-electron chi connectivity index (χ2n) is 0. The van der Waals surface area contributed by atoms with E-state index in [1.807, 2.05) is 0 Å². The number of halogens is 4.